The van der Waals surface area contributed by atoms with E-state index in [2.05, 4.69) is 5.32 Å². The highest BCUT2D eigenvalue weighted by atomic mass is 32.2. The molecule has 2 aromatic carbocycles. The van der Waals surface area contributed by atoms with Crippen LogP contribution in [0.5, 0.6) is 5.75 Å². The van der Waals surface area contributed by atoms with Crippen LogP contribution in [-0.4, -0.2) is 51.3 Å². The maximum Gasteiger partial charge on any atom is 0.243 e. The third kappa shape index (κ3) is 4.63. The summed E-state index contributed by atoms with van der Waals surface area (Å²) in [6.07, 6.45) is 2.93. The van der Waals surface area contributed by atoms with Gasteiger partial charge in [-0.3, -0.25) is 9.59 Å². The van der Waals surface area contributed by atoms with Gasteiger partial charge < -0.3 is 15.0 Å². The molecule has 2 aliphatic rings. The van der Waals surface area contributed by atoms with Crippen molar-refractivity contribution in [1.82, 2.24) is 4.31 Å². The Morgan fingerprint density at radius 1 is 1.00 bits per heavy atom. The van der Waals surface area contributed by atoms with E-state index in [4.69, 9.17) is 4.74 Å². The molecule has 1 atom stereocenters. The number of benzene rings is 2. The van der Waals surface area contributed by atoms with Gasteiger partial charge in [0.1, 0.15) is 5.75 Å². The molecular formula is C23H27N3O5S. The summed E-state index contributed by atoms with van der Waals surface area (Å²) in [6.45, 7) is 1.38. The average molecular weight is 458 g/mol. The summed E-state index contributed by atoms with van der Waals surface area (Å²) in [4.78, 5) is 27.0. The van der Waals surface area contributed by atoms with Crippen molar-refractivity contribution in [2.45, 2.75) is 30.6 Å². The Kier molecular flexibility index (Phi) is 6.48. The number of rotatable bonds is 6. The average Bonchev–Trinajstić information content (AvgIpc) is 3.22. The molecule has 4 rings (SSSR count). The number of amides is 2. The molecule has 2 aromatic rings. The first-order chi connectivity index (χ1) is 15.4. The summed E-state index contributed by atoms with van der Waals surface area (Å²) in [5.41, 5.74) is 1.22. The van der Waals surface area contributed by atoms with Crippen LogP contribution in [0.25, 0.3) is 0 Å². The first kappa shape index (κ1) is 22.3. The third-order valence-electron chi connectivity index (χ3n) is 5.95. The molecule has 2 heterocycles. The van der Waals surface area contributed by atoms with E-state index in [0.29, 0.717) is 31.1 Å². The number of nitrogens with one attached hydrogen (secondary N) is 1. The van der Waals surface area contributed by atoms with Crippen molar-refractivity contribution < 1.29 is 22.7 Å². The molecule has 0 spiro atoms. The van der Waals surface area contributed by atoms with Crippen molar-refractivity contribution in [2.75, 3.05) is 37.0 Å². The SMILES string of the molecule is COc1ccc(N2C[C@H](C(=O)Nc3ccc(S(=O)(=O)N4CCCCC4)cc3)CC2=O)cc1. The molecule has 32 heavy (non-hydrogen) atoms. The lowest BCUT2D eigenvalue weighted by molar-refractivity contribution is -0.122. The molecule has 0 aromatic heterocycles. The van der Waals surface area contributed by atoms with Crippen molar-refractivity contribution in [2.24, 2.45) is 5.92 Å². The fourth-order valence-corrected chi connectivity index (χ4v) is 5.62. The fourth-order valence-electron chi connectivity index (χ4n) is 4.10. The van der Waals surface area contributed by atoms with Gasteiger partial charge >= 0.3 is 0 Å². The molecule has 170 valence electrons. The fraction of sp³-hybridized carbons (Fsp3) is 0.391. The second kappa shape index (κ2) is 9.30. The number of sulfonamides is 1. The zero-order valence-corrected chi connectivity index (χ0v) is 18.8. The number of piperidine rings is 1. The highest BCUT2D eigenvalue weighted by Crippen LogP contribution is 2.28. The lowest BCUT2D eigenvalue weighted by atomic mass is 10.1. The highest BCUT2D eigenvalue weighted by molar-refractivity contribution is 7.89. The summed E-state index contributed by atoms with van der Waals surface area (Å²) in [6, 6.07) is 13.3. The lowest BCUT2D eigenvalue weighted by Crippen LogP contribution is -2.35. The van der Waals surface area contributed by atoms with Gasteiger partial charge in [0.05, 0.1) is 17.9 Å². The zero-order chi connectivity index (χ0) is 22.7. The van der Waals surface area contributed by atoms with Gasteiger partial charge in [0.15, 0.2) is 0 Å². The van der Waals surface area contributed by atoms with Gasteiger partial charge in [-0.25, -0.2) is 8.42 Å². The Bertz CT molecular complexity index is 1080. The highest BCUT2D eigenvalue weighted by Gasteiger charge is 2.35. The molecule has 9 heteroatoms. The van der Waals surface area contributed by atoms with Gasteiger partial charge in [0.25, 0.3) is 0 Å². The molecule has 0 aliphatic carbocycles. The number of methoxy groups -OCH3 is 1. The van der Waals surface area contributed by atoms with Gasteiger partial charge in [-0.15, -0.1) is 0 Å². The van der Waals surface area contributed by atoms with E-state index in [1.165, 1.54) is 16.4 Å². The minimum Gasteiger partial charge on any atom is -0.497 e. The standard InChI is InChI=1S/C23H27N3O5S/c1-31-20-9-7-19(8-10-20)26-16-17(15-22(26)27)23(28)24-18-5-11-21(12-6-18)32(29,30)25-13-3-2-4-14-25/h5-12,17H,2-4,13-16H2,1H3,(H,24,28)/t17-/m1/s1. The number of anilines is 2. The van der Waals surface area contributed by atoms with Crippen molar-refractivity contribution in [3.8, 4) is 5.75 Å². The van der Waals surface area contributed by atoms with Crippen LogP contribution in [0.3, 0.4) is 0 Å². The lowest BCUT2D eigenvalue weighted by Gasteiger charge is -2.25. The van der Waals surface area contributed by atoms with Crippen molar-refractivity contribution in [3.05, 3.63) is 48.5 Å². The van der Waals surface area contributed by atoms with Crippen molar-refractivity contribution in [1.29, 1.82) is 0 Å². The first-order valence-corrected chi connectivity index (χ1v) is 12.2. The molecule has 0 radical (unpaired) electrons. The van der Waals surface area contributed by atoms with Crippen molar-refractivity contribution >= 4 is 33.2 Å². The van der Waals surface area contributed by atoms with Crippen LogP contribution in [0, 0.1) is 5.92 Å². The Morgan fingerprint density at radius 2 is 1.66 bits per heavy atom. The van der Waals surface area contributed by atoms with Gasteiger partial charge in [-0.05, 0) is 61.4 Å². The molecule has 2 fully saturated rings. The summed E-state index contributed by atoms with van der Waals surface area (Å²) in [7, 11) is -1.94. The smallest absolute Gasteiger partial charge is 0.243 e. The number of carbonyl (C=O) groups is 2. The molecule has 2 aliphatic heterocycles. The normalized spacial score (nSPS) is 19.7. The van der Waals surface area contributed by atoms with Crippen LogP contribution in [0.1, 0.15) is 25.7 Å². The Morgan fingerprint density at radius 3 is 2.28 bits per heavy atom. The Balaban J connectivity index is 1.39. The topological polar surface area (TPSA) is 96.0 Å². The van der Waals surface area contributed by atoms with E-state index in [1.54, 1.807) is 48.4 Å². The summed E-state index contributed by atoms with van der Waals surface area (Å²) in [5, 5.41) is 2.81. The van der Waals surface area contributed by atoms with Crippen LogP contribution < -0.4 is 15.0 Å². The molecule has 8 nitrogen and oxygen atoms in total. The van der Waals surface area contributed by atoms with E-state index in [0.717, 1.165) is 24.9 Å². The monoisotopic (exact) mass is 457 g/mol. The number of carbonyl (C=O) groups excluding carboxylic acids is 2. The molecule has 2 saturated heterocycles. The molecule has 1 N–H and O–H groups in total. The van der Waals surface area contributed by atoms with E-state index in [9.17, 15) is 18.0 Å². The number of nitrogens with zero attached hydrogens (tertiary/aromatic N) is 2. The van der Waals surface area contributed by atoms with Gasteiger partial charge in [-0.2, -0.15) is 4.31 Å². The second-order valence-corrected chi connectivity index (χ2v) is 10.0. The molecule has 0 bridgehead atoms. The van der Waals surface area contributed by atoms with Gasteiger partial charge in [0, 0.05) is 37.4 Å². The largest absolute Gasteiger partial charge is 0.497 e. The summed E-state index contributed by atoms with van der Waals surface area (Å²) < 4.78 is 32.2. The van der Waals surface area contributed by atoms with E-state index < -0.39 is 15.9 Å². The molecular weight excluding hydrogens is 430 g/mol. The van der Waals surface area contributed by atoms with Crippen molar-refractivity contribution in [3.63, 3.8) is 0 Å². The molecule has 0 unspecified atom stereocenters. The minimum atomic E-state index is -3.51. The first-order valence-electron chi connectivity index (χ1n) is 10.7. The summed E-state index contributed by atoms with van der Waals surface area (Å²) >= 11 is 0. The third-order valence-corrected chi connectivity index (χ3v) is 7.87. The van der Waals surface area contributed by atoms with E-state index in [1.807, 2.05) is 0 Å². The maximum absolute atomic E-state index is 12.8. The van der Waals surface area contributed by atoms with E-state index >= 15 is 0 Å². The molecule has 0 saturated carbocycles. The van der Waals surface area contributed by atoms with Gasteiger partial charge in [0.2, 0.25) is 21.8 Å². The Labute approximate surface area is 188 Å². The zero-order valence-electron chi connectivity index (χ0n) is 18.0. The second-order valence-electron chi connectivity index (χ2n) is 8.08. The minimum absolute atomic E-state index is 0.113. The number of ether oxygens (including phenoxy) is 1. The van der Waals surface area contributed by atoms with Crippen LogP contribution in [-0.2, 0) is 19.6 Å². The predicted molar refractivity (Wildman–Crippen MR) is 121 cm³/mol. The van der Waals surface area contributed by atoms with Gasteiger partial charge in [-0.1, -0.05) is 6.42 Å². The van der Waals surface area contributed by atoms with Crippen LogP contribution >= 0.6 is 0 Å². The van der Waals surface area contributed by atoms with Crippen LogP contribution in [0.4, 0.5) is 11.4 Å². The van der Waals surface area contributed by atoms with E-state index in [-0.39, 0.29) is 23.1 Å². The maximum atomic E-state index is 12.8. The van der Waals surface area contributed by atoms with Crippen LogP contribution in [0.15, 0.2) is 53.4 Å². The quantitative estimate of drug-likeness (QED) is 0.720. The van der Waals surface area contributed by atoms with Crippen LogP contribution in [0.2, 0.25) is 0 Å². The number of hydrogen-bond donors (Lipinski definition) is 1. The predicted octanol–water partition coefficient (Wildman–Crippen LogP) is 2.86. The summed E-state index contributed by atoms with van der Waals surface area (Å²) in [5.74, 6) is -0.166. The number of hydrogen-bond acceptors (Lipinski definition) is 5. The Hall–Kier alpha value is -2.91. The molecule has 2 amide bonds.